The third kappa shape index (κ3) is 3.22. The van der Waals surface area contributed by atoms with Crippen LogP contribution < -0.4 is 4.74 Å². The summed E-state index contributed by atoms with van der Waals surface area (Å²) in [5.41, 5.74) is 2.60. The van der Waals surface area contributed by atoms with Gasteiger partial charge in [0.1, 0.15) is 11.5 Å². The van der Waals surface area contributed by atoms with Crippen LogP contribution in [-0.2, 0) is 11.2 Å². The Morgan fingerprint density at radius 2 is 2.07 bits per heavy atom. The van der Waals surface area contributed by atoms with Gasteiger partial charge in [-0.3, -0.25) is 14.9 Å². The third-order valence-electron chi connectivity index (χ3n) is 4.66. The molecule has 0 saturated carbocycles. The van der Waals surface area contributed by atoms with Gasteiger partial charge in [-0.05, 0) is 35.7 Å². The SMILES string of the molecule is CCc1ccc(Oc2nc3ccc([N+](=O)[O-])cc3s2)cc1C1=C(O)CCC1=O. The van der Waals surface area contributed by atoms with E-state index in [-0.39, 0.29) is 17.2 Å². The van der Waals surface area contributed by atoms with Crippen LogP contribution in [0.2, 0.25) is 0 Å². The first-order valence-electron chi connectivity index (χ1n) is 8.77. The van der Waals surface area contributed by atoms with Crippen LogP contribution in [-0.4, -0.2) is 20.8 Å². The lowest BCUT2D eigenvalue weighted by Gasteiger charge is -2.11. The number of ether oxygens (including phenoxy) is 1. The third-order valence-corrected chi connectivity index (χ3v) is 5.55. The van der Waals surface area contributed by atoms with Crippen molar-refractivity contribution in [2.75, 3.05) is 0 Å². The zero-order chi connectivity index (χ0) is 19.8. The Labute approximate surface area is 164 Å². The molecule has 0 fully saturated rings. The lowest BCUT2D eigenvalue weighted by molar-refractivity contribution is -0.384. The van der Waals surface area contributed by atoms with Crippen LogP contribution in [0.5, 0.6) is 10.9 Å². The number of nitrogens with zero attached hydrogens (tertiary/aromatic N) is 2. The van der Waals surface area contributed by atoms with Gasteiger partial charge in [-0.1, -0.05) is 24.3 Å². The maximum atomic E-state index is 12.2. The Kier molecular flexibility index (Phi) is 4.56. The van der Waals surface area contributed by atoms with Crippen molar-refractivity contribution in [2.45, 2.75) is 26.2 Å². The van der Waals surface area contributed by atoms with Gasteiger partial charge in [-0.15, -0.1) is 0 Å². The van der Waals surface area contributed by atoms with Crippen molar-refractivity contribution in [3.8, 4) is 10.9 Å². The van der Waals surface area contributed by atoms with Crippen molar-refractivity contribution in [2.24, 2.45) is 0 Å². The second-order valence-corrected chi connectivity index (χ2v) is 7.40. The molecule has 4 rings (SSSR count). The van der Waals surface area contributed by atoms with Crippen molar-refractivity contribution < 1.29 is 19.6 Å². The van der Waals surface area contributed by atoms with Crippen LogP contribution in [0.4, 0.5) is 5.69 Å². The average molecular weight is 396 g/mol. The van der Waals surface area contributed by atoms with E-state index in [1.54, 1.807) is 18.2 Å². The highest BCUT2D eigenvalue weighted by Crippen LogP contribution is 2.37. The molecule has 0 spiro atoms. The molecule has 0 bridgehead atoms. The largest absolute Gasteiger partial charge is 0.512 e. The number of hydrogen-bond donors (Lipinski definition) is 1. The number of ketones is 1. The minimum Gasteiger partial charge on any atom is -0.512 e. The number of aromatic nitrogens is 1. The fraction of sp³-hybridized carbons (Fsp3) is 0.200. The minimum atomic E-state index is -0.450. The number of fused-ring (bicyclic) bond motifs is 1. The van der Waals surface area contributed by atoms with E-state index < -0.39 is 4.92 Å². The van der Waals surface area contributed by atoms with E-state index in [1.165, 1.54) is 23.5 Å². The monoisotopic (exact) mass is 396 g/mol. The number of thiazole rings is 1. The van der Waals surface area contributed by atoms with Crippen molar-refractivity contribution in [3.63, 3.8) is 0 Å². The maximum absolute atomic E-state index is 12.2. The van der Waals surface area contributed by atoms with Gasteiger partial charge in [-0.2, -0.15) is 0 Å². The molecule has 0 saturated heterocycles. The molecule has 7 nitrogen and oxygen atoms in total. The van der Waals surface area contributed by atoms with E-state index in [0.717, 1.165) is 5.56 Å². The summed E-state index contributed by atoms with van der Waals surface area (Å²) in [7, 11) is 0. The number of nitro groups is 1. The highest BCUT2D eigenvalue weighted by atomic mass is 32.1. The quantitative estimate of drug-likeness (QED) is 0.470. The van der Waals surface area contributed by atoms with Crippen molar-refractivity contribution in [1.82, 2.24) is 4.98 Å². The maximum Gasteiger partial charge on any atom is 0.279 e. The van der Waals surface area contributed by atoms with E-state index in [4.69, 9.17) is 4.74 Å². The molecular weight excluding hydrogens is 380 g/mol. The fourth-order valence-corrected chi connectivity index (χ4v) is 4.13. The number of hydrogen-bond acceptors (Lipinski definition) is 7. The summed E-state index contributed by atoms with van der Waals surface area (Å²) < 4.78 is 6.51. The Morgan fingerprint density at radius 3 is 2.75 bits per heavy atom. The number of aliphatic hydroxyl groups is 1. The molecule has 8 heteroatoms. The average Bonchev–Trinajstić information content (AvgIpc) is 3.22. The van der Waals surface area contributed by atoms with Crippen LogP contribution in [0, 0.1) is 10.1 Å². The van der Waals surface area contributed by atoms with Crippen LogP contribution in [0.25, 0.3) is 15.8 Å². The molecule has 2 aromatic carbocycles. The summed E-state index contributed by atoms with van der Waals surface area (Å²) >= 11 is 1.21. The molecule has 1 N–H and O–H groups in total. The van der Waals surface area contributed by atoms with E-state index in [0.29, 0.717) is 51.6 Å². The Balaban J connectivity index is 1.70. The second kappa shape index (κ2) is 7.05. The number of carbonyl (C=O) groups excluding carboxylic acids is 1. The molecule has 28 heavy (non-hydrogen) atoms. The van der Waals surface area contributed by atoms with Gasteiger partial charge in [0.05, 0.1) is 20.7 Å². The molecule has 0 aliphatic heterocycles. The first-order chi connectivity index (χ1) is 13.5. The molecule has 1 aliphatic rings. The summed E-state index contributed by atoms with van der Waals surface area (Å²) in [5.74, 6) is 0.529. The minimum absolute atomic E-state index is 0.000516. The number of non-ortho nitro benzene ring substituents is 1. The zero-order valence-electron chi connectivity index (χ0n) is 15.0. The zero-order valence-corrected chi connectivity index (χ0v) is 15.8. The number of aryl methyl sites for hydroxylation is 1. The van der Waals surface area contributed by atoms with Crippen LogP contribution in [0.1, 0.15) is 30.9 Å². The molecule has 1 aliphatic carbocycles. The van der Waals surface area contributed by atoms with Crippen molar-refractivity contribution in [1.29, 1.82) is 0 Å². The van der Waals surface area contributed by atoms with Gasteiger partial charge in [0.15, 0.2) is 5.78 Å². The fourth-order valence-electron chi connectivity index (χ4n) is 3.26. The van der Waals surface area contributed by atoms with Gasteiger partial charge >= 0.3 is 0 Å². The predicted octanol–water partition coefficient (Wildman–Crippen LogP) is 5.19. The smallest absolute Gasteiger partial charge is 0.279 e. The lowest BCUT2D eigenvalue weighted by atomic mass is 9.96. The predicted molar refractivity (Wildman–Crippen MR) is 106 cm³/mol. The van der Waals surface area contributed by atoms with Crippen LogP contribution >= 0.6 is 11.3 Å². The van der Waals surface area contributed by atoms with E-state index in [1.807, 2.05) is 13.0 Å². The molecule has 1 heterocycles. The van der Waals surface area contributed by atoms with Gasteiger partial charge < -0.3 is 9.84 Å². The molecule has 3 aromatic rings. The summed E-state index contributed by atoms with van der Waals surface area (Å²) in [4.78, 5) is 27.0. The van der Waals surface area contributed by atoms with E-state index in [2.05, 4.69) is 4.98 Å². The van der Waals surface area contributed by atoms with Gasteiger partial charge in [0, 0.05) is 25.0 Å². The second-order valence-electron chi connectivity index (χ2n) is 6.41. The number of carbonyl (C=O) groups is 1. The molecule has 0 amide bonds. The standard InChI is InChI=1S/C20H16N2O5S/c1-2-11-3-5-13(10-14(11)19-16(23)7-8-17(19)24)27-20-21-15-6-4-12(22(25)26)9-18(15)28-20/h3-6,9-10,23H,2,7-8H2,1H3. The Bertz CT molecular complexity index is 1150. The lowest BCUT2D eigenvalue weighted by Crippen LogP contribution is -2.01. The highest BCUT2D eigenvalue weighted by molar-refractivity contribution is 7.20. The van der Waals surface area contributed by atoms with E-state index >= 15 is 0 Å². The number of allylic oxidation sites excluding steroid dienone is 2. The first-order valence-corrected chi connectivity index (χ1v) is 9.59. The topological polar surface area (TPSA) is 103 Å². The Morgan fingerprint density at radius 1 is 1.25 bits per heavy atom. The number of aliphatic hydroxyl groups excluding tert-OH is 1. The molecule has 0 atom stereocenters. The van der Waals surface area contributed by atoms with Crippen molar-refractivity contribution >= 4 is 38.6 Å². The number of Topliss-reactive ketones (excluding diaryl/α,β-unsaturated/α-hetero) is 1. The van der Waals surface area contributed by atoms with Gasteiger partial charge in [0.2, 0.25) is 0 Å². The van der Waals surface area contributed by atoms with Gasteiger partial charge in [0.25, 0.3) is 10.9 Å². The van der Waals surface area contributed by atoms with E-state index in [9.17, 15) is 20.0 Å². The molecule has 0 radical (unpaired) electrons. The molecular formula is C20H16N2O5S. The number of benzene rings is 2. The van der Waals surface area contributed by atoms with Crippen molar-refractivity contribution in [3.05, 3.63) is 63.4 Å². The van der Waals surface area contributed by atoms with Gasteiger partial charge in [-0.25, -0.2) is 4.98 Å². The first kappa shape index (κ1) is 18.1. The summed E-state index contributed by atoms with van der Waals surface area (Å²) in [6, 6.07) is 9.85. The highest BCUT2D eigenvalue weighted by Gasteiger charge is 2.26. The molecule has 142 valence electrons. The molecule has 0 unspecified atom stereocenters. The van der Waals surface area contributed by atoms with Crippen LogP contribution in [0.15, 0.2) is 42.2 Å². The molecule has 1 aromatic heterocycles. The number of rotatable bonds is 5. The normalized spacial score (nSPS) is 14.1. The summed E-state index contributed by atoms with van der Waals surface area (Å²) in [5, 5.41) is 21.4. The van der Waals surface area contributed by atoms with Crippen LogP contribution in [0.3, 0.4) is 0 Å². The summed E-state index contributed by atoms with van der Waals surface area (Å²) in [6.07, 6.45) is 1.38. The summed E-state index contributed by atoms with van der Waals surface area (Å²) in [6.45, 7) is 1.98. The number of nitro benzene ring substituents is 1. The Hall–Kier alpha value is -3.26.